The lowest BCUT2D eigenvalue weighted by molar-refractivity contribution is -0.384. The zero-order chi connectivity index (χ0) is 20.4. The highest BCUT2D eigenvalue weighted by atomic mass is 32.2. The average Bonchev–Trinajstić information content (AvgIpc) is 2.68. The normalized spacial score (nSPS) is 20.0. The molecule has 150 valence electrons. The number of rotatable bonds is 6. The third kappa shape index (κ3) is 4.26. The molecule has 9 heteroatoms. The minimum Gasteiger partial charge on any atom is -0.372 e. The Morgan fingerprint density at radius 1 is 1.25 bits per heavy atom. The van der Waals surface area contributed by atoms with E-state index >= 15 is 0 Å². The molecule has 0 spiro atoms. The molecule has 2 aromatic rings. The molecule has 1 aliphatic heterocycles. The van der Waals surface area contributed by atoms with Crippen LogP contribution in [0, 0.1) is 10.1 Å². The van der Waals surface area contributed by atoms with Crippen molar-refractivity contribution in [3.05, 3.63) is 58.6 Å². The number of benzene rings is 2. The van der Waals surface area contributed by atoms with Crippen LogP contribution in [0.4, 0.5) is 17.1 Å². The molecule has 3 rings (SSSR count). The summed E-state index contributed by atoms with van der Waals surface area (Å²) >= 11 is 0. The van der Waals surface area contributed by atoms with Gasteiger partial charge in [0.15, 0.2) is 0 Å². The predicted octanol–water partition coefficient (Wildman–Crippen LogP) is 3.40. The highest BCUT2D eigenvalue weighted by molar-refractivity contribution is 7.92. The van der Waals surface area contributed by atoms with Crippen LogP contribution in [0.1, 0.15) is 20.3 Å². The van der Waals surface area contributed by atoms with Gasteiger partial charge in [-0.05, 0) is 37.6 Å². The summed E-state index contributed by atoms with van der Waals surface area (Å²) in [4.78, 5) is 12.8. The molecule has 1 heterocycles. The number of nitrogens with zero attached hydrogens (tertiary/aromatic N) is 2. The van der Waals surface area contributed by atoms with Crippen LogP contribution < -0.4 is 9.62 Å². The number of hydrogen-bond acceptors (Lipinski definition) is 6. The van der Waals surface area contributed by atoms with Gasteiger partial charge in [-0.2, -0.15) is 0 Å². The third-order valence-electron chi connectivity index (χ3n) is 4.91. The van der Waals surface area contributed by atoms with Crippen LogP contribution in [-0.2, 0) is 14.8 Å². The van der Waals surface area contributed by atoms with Gasteiger partial charge in [0.05, 0.1) is 22.0 Å². The molecule has 0 aliphatic carbocycles. The lowest BCUT2D eigenvalue weighted by atomic mass is 10.0. The quantitative estimate of drug-likeness (QED) is 0.584. The maximum Gasteiger partial charge on any atom is 0.293 e. The smallest absolute Gasteiger partial charge is 0.293 e. The van der Waals surface area contributed by atoms with Gasteiger partial charge in [-0.3, -0.25) is 14.8 Å². The number of sulfonamides is 1. The van der Waals surface area contributed by atoms with Crippen molar-refractivity contribution in [2.45, 2.75) is 30.8 Å². The second-order valence-electron chi connectivity index (χ2n) is 6.95. The highest BCUT2D eigenvalue weighted by Crippen LogP contribution is 2.34. The third-order valence-corrected chi connectivity index (χ3v) is 6.28. The Hall–Kier alpha value is -2.65. The largest absolute Gasteiger partial charge is 0.372 e. The maximum absolute atomic E-state index is 12.6. The molecule has 1 fully saturated rings. The molecule has 8 nitrogen and oxygen atoms in total. The number of nitrogens with one attached hydrogen (secondary N) is 1. The van der Waals surface area contributed by atoms with Gasteiger partial charge in [0.25, 0.3) is 15.7 Å². The van der Waals surface area contributed by atoms with Crippen LogP contribution in [-0.4, -0.2) is 38.6 Å². The maximum atomic E-state index is 12.6. The lowest BCUT2D eigenvalue weighted by Crippen LogP contribution is -2.50. The van der Waals surface area contributed by atoms with E-state index in [1.807, 2.05) is 18.7 Å². The summed E-state index contributed by atoms with van der Waals surface area (Å²) in [7, 11) is -3.94. The Kier molecular flexibility index (Phi) is 5.57. The first-order chi connectivity index (χ1) is 13.2. The van der Waals surface area contributed by atoms with Crippen molar-refractivity contribution in [3.8, 4) is 0 Å². The van der Waals surface area contributed by atoms with Gasteiger partial charge in [0.1, 0.15) is 5.69 Å². The van der Waals surface area contributed by atoms with Crippen molar-refractivity contribution in [2.24, 2.45) is 0 Å². The molecule has 0 aromatic heterocycles. The number of hydrogen-bond donors (Lipinski definition) is 1. The number of para-hydroxylation sites is 1. The molecule has 28 heavy (non-hydrogen) atoms. The van der Waals surface area contributed by atoms with Gasteiger partial charge >= 0.3 is 0 Å². The van der Waals surface area contributed by atoms with E-state index in [1.54, 1.807) is 30.3 Å². The van der Waals surface area contributed by atoms with E-state index in [0.29, 0.717) is 31.1 Å². The fraction of sp³-hybridized carbons (Fsp3) is 0.368. The topological polar surface area (TPSA) is 102 Å². The molecule has 1 unspecified atom stereocenters. The zero-order valence-electron chi connectivity index (χ0n) is 15.8. The summed E-state index contributed by atoms with van der Waals surface area (Å²) < 4.78 is 33.5. The van der Waals surface area contributed by atoms with E-state index < -0.39 is 20.5 Å². The van der Waals surface area contributed by atoms with Crippen molar-refractivity contribution < 1.29 is 18.1 Å². The molecule has 2 aromatic carbocycles. The van der Waals surface area contributed by atoms with E-state index in [4.69, 9.17) is 4.74 Å². The van der Waals surface area contributed by atoms with Crippen LogP contribution >= 0.6 is 0 Å². The molecule has 0 saturated carbocycles. The van der Waals surface area contributed by atoms with E-state index in [1.165, 1.54) is 12.1 Å². The molecular formula is C19H23N3O5S. The SMILES string of the molecule is CCC1(C)CN(c2ccc(S(=O)(=O)Nc3ccccc3)cc2[N+](=O)[O-])CCO1. The Morgan fingerprint density at radius 2 is 1.96 bits per heavy atom. The fourth-order valence-corrected chi connectivity index (χ4v) is 4.23. The standard InChI is InChI=1S/C19H23N3O5S/c1-3-19(2)14-21(11-12-27-19)17-10-9-16(13-18(17)22(23)24)28(25,26)20-15-7-5-4-6-8-15/h4-10,13,20H,3,11-12,14H2,1-2H3. The van der Waals surface area contributed by atoms with E-state index in [-0.39, 0.29) is 10.6 Å². The summed E-state index contributed by atoms with van der Waals surface area (Å²) in [6, 6.07) is 12.4. The minimum absolute atomic E-state index is 0.154. The van der Waals surface area contributed by atoms with Crippen molar-refractivity contribution in [3.63, 3.8) is 0 Å². The number of nitro benzene ring substituents is 1. The first kappa shape index (κ1) is 20.1. The van der Waals surface area contributed by atoms with Crippen LogP contribution in [0.5, 0.6) is 0 Å². The van der Waals surface area contributed by atoms with Gasteiger partial charge in [-0.1, -0.05) is 25.1 Å². The van der Waals surface area contributed by atoms with Gasteiger partial charge in [0, 0.05) is 24.8 Å². The van der Waals surface area contributed by atoms with Gasteiger partial charge in [-0.25, -0.2) is 8.42 Å². The van der Waals surface area contributed by atoms with Crippen molar-refractivity contribution in [2.75, 3.05) is 29.3 Å². The van der Waals surface area contributed by atoms with Gasteiger partial charge in [0.2, 0.25) is 0 Å². The average molecular weight is 405 g/mol. The van der Waals surface area contributed by atoms with Gasteiger partial charge < -0.3 is 9.64 Å². The second kappa shape index (κ2) is 7.76. The van der Waals surface area contributed by atoms with E-state index in [9.17, 15) is 18.5 Å². The molecule has 1 N–H and O–H groups in total. The Morgan fingerprint density at radius 3 is 2.61 bits per heavy atom. The summed E-state index contributed by atoms with van der Waals surface area (Å²) in [5, 5.41) is 11.7. The molecule has 0 radical (unpaired) electrons. The van der Waals surface area contributed by atoms with E-state index in [2.05, 4.69) is 4.72 Å². The Balaban J connectivity index is 1.94. The number of morpholine rings is 1. The summed E-state index contributed by atoms with van der Waals surface area (Å²) in [6.07, 6.45) is 0.769. The summed E-state index contributed by atoms with van der Waals surface area (Å²) in [6.45, 7) is 5.43. The molecule has 0 bridgehead atoms. The predicted molar refractivity (Wildman–Crippen MR) is 107 cm³/mol. The minimum atomic E-state index is -3.94. The highest BCUT2D eigenvalue weighted by Gasteiger charge is 2.33. The zero-order valence-corrected chi connectivity index (χ0v) is 16.6. The first-order valence-electron chi connectivity index (χ1n) is 8.99. The van der Waals surface area contributed by atoms with E-state index in [0.717, 1.165) is 12.5 Å². The molecular weight excluding hydrogens is 382 g/mol. The molecule has 1 atom stereocenters. The molecule has 1 saturated heterocycles. The van der Waals surface area contributed by atoms with Crippen LogP contribution in [0.15, 0.2) is 53.4 Å². The number of anilines is 2. The second-order valence-corrected chi connectivity index (χ2v) is 8.64. The van der Waals surface area contributed by atoms with Crippen molar-refractivity contribution in [1.29, 1.82) is 0 Å². The van der Waals surface area contributed by atoms with Crippen molar-refractivity contribution >= 4 is 27.1 Å². The summed E-state index contributed by atoms with van der Waals surface area (Å²) in [5.41, 5.74) is 0.148. The Bertz CT molecular complexity index is 965. The molecule has 1 aliphatic rings. The van der Waals surface area contributed by atoms with Crippen molar-refractivity contribution in [1.82, 2.24) is 0 Å². The number of nitro groups is 1. The monoisotopic (exact) mass is 405 g/mol. The lowest BCUT2D eigenvalue weighted by Gasteiger charge is -2.41. The first-order valence-corrected chi connectivity index (χ1v) is 10.5. The van der Waals surface area contributed by atoms with Gasteiger partial charge in [-0.15, -0.1) is 0 Å². The van der Waals surface area contributed by atoms with Crippen LogP contribution in [0.3, 0.4) is 0 Å². The molecule has 0 amide bonds. The van der Waals surface area contributed by atoms with Crippen LogP contribution in [0.2, 0.25) is 0 Å². The number of ether oxygens (including phenoxy) is 1. The Labute approximate surface area is 164 Å². The fourth-order valence-electron chi connectivity index (χ4n) is 3.15. The van der Waals surface area contributed by atoms with Crippen LogP contribution in [0.25, 0.3) is 0 Å². The summed E-state index contributed by atoms with van der Waals surface area (Å²) in [5.74, 6) is 0.